The van der Waals surface area contributed by atoms with Crippen molar-refractivity contribution < 1.29 is 47.6 Å². The minimum atomic E-state index is -0.350. The van der Waals surface area contributed by atoms with E-state index < -0.39 is 0 Å². The molecule has 2 rings (SSSR count). The molecule has 12 nitrogen and oxygen atoms in total. The first-order valence-corrected chi connectivity index (χ1v) is 27.8. The van der Waals surface area contributed by atoms with Crippen molar-refractivity contribution in [3.63, 3.8) is 0 Å². The molecule has 0 radical (unpaired) electrons. The maximum atomic E-state index is 13.5. The van der Waals surface area contributed by atoms with Crippen LogP contribution in [-0.4, -0.2) is 112 Å². The Labute approximate surface area is 414 Å². The van der Waals surface area contributed by atoms with Crippen molar-refractivity contribution in [3.05, 3.63) is 35.9 Å². The summed E-state index contributed by atoms with van der Waals surface area (Å²) in [5.41, 5.74) is 0.572. The summed E-state index contributed by atoms with van der Waals surface area (Å²) in [5.74, 6) is -0.656. The summed E-state index contributed by atoms with van der Waals surface area (Å²) in [7, 11) is 2.16. The number of hydrogen-bond donors (Lipinski definition) is 0. The number of esters is 2. The number of rotatable bonds is 46. The Hall–Kier alpha value is -2.61. The zero-order valence-electron chi connectivity index (χ0n) is 44.0. The van der Waals surface area contributed by atoms with Gasteiger partial charge in [0.25, 0.3) is 0 Å². The molecule has 0 amide bonds. The number of piperidine rings is 1. The van der Waals surface area contributed by atoms with E-state index in [1.54, 1.807) is 0 Å². The molecular weight excluding hydrogens is 861 g/mol. The van der Waals surface area contributed by atoms with Crippen LogP contribution < -0.4 is 0 Å². The second-order valence-electron chi connectivity index (χ2n) is 19.1. The van der Waals surface area contributed by atoms with Crippen molar-refractivity contribution in [3.8, 4) is 0 Å². The SMILES string of the molecule is CCCCCOC(CCC(=O)OCCCCCCCC(CCCCCCCOC(=O)CCC(OCCCCC)OCCCCC)N(OC(=O)c1ccccc1)C1CCN(C)CC1)OCCCCC. The Morgan fingerprint density at radius 2 is 0.897 bits per heavy atom. The summed E-state index contributed by atoms with van der Waals surface area (Å²) >= 11 is 0. The monoisotopic (exact) mass is 961 g/mol. The van der Waals surface area contributed by atoms with Crippen molar-refractivity contribution in [2.75, 3.05) is 59.8 Å². The van der Waals surface area contributed by atoms with Gasteiger partial charge in [0.1, 0.15) is 0 Å². The highest BCUT2D eigenvalue weighted by Crippen LogP contribution is 2.27. The fraction of sp³-hybridized carbons (Fsp3) is 0.839. The normalized spacial score (nSPS) is 13.6. The molecule has 0 atom stereocenters. The molecule has 1 saturated heterocycles. The number of likely N-dealkylation sites (tertiary alicyclic amines) is 1. The third-order valence-corrected chi connectivity index (χ3v) is 12.9. The van der Waals surface area contributed by atoms with E-state index in [1.165, 1.54) is 0 Å². The highest BCUT2D eigenvalue weighted by atomic mass is 16.7. The van der Waals surface area contributed by atoms with Gasteiger partial charge in [-0.15, -0.1) is 5.06 Å². The second kappa shape index (κ2) is 43.2. The zero-order valence-corrected chi connectivity index (χ0v) is 44.0. The Kier molecular flexibility index (Phi) is 39.1. The van der Waals surface area contributed by atoms with Gasteiger partial charge in [0.05, 0.1) is 31.6 Å². The van der Waals surface area contributed by atoms with Gasteiger partial charge in [0.2, 0.25) is 0 Å². The minimum absolute atomic E-state index is 0.128. The summed E-state index contributed by atoms with van der Waals surface area (Å²) < 4.78 is 35.1. The van der Waals surface area contributed by atoms with E-state index >= 15 is 0 Å². The largest absolute Gasteiger partial charge is 0.466 e. The molecule has 0 N–H and O–H groups in total. The fourth-order valence-corrected chi connectivity index (χ4v) is 8.53. The predicted octanol–water partition coefficient (Wildman–Crippen LogP) is 13.3. The topological polar surface area (TPSA) is 122 Å². The predicted molar refractivity (Wildman–Crippen MR) is 273 cm³/mol. The number of ether oxygens (including phenoxy) is 6. The molecule has 68 heavy (non-hydrogen) atoms. The van der Waals surface area contributed by atoms with Crippen molar-refractivity contribution in [1.29, 1.82) is 0 Å². The average Bonchev–Trinajstić information content (AvgIpc) is 3.35. The summed E-state index contributed by atoms with van der Waals surface area (Å²) in [6.07, 6.45) is 27.9. The highest BCUT2D eigenvalue weighted by molar-refractivity contribution is 5.89. The van der Waals surface area contributed by atoms with Crippen LogP contribution in [0, 0.1) is 0 Å². The van der Waals surface area contributed by atoms with Crippen molar-refractivity contribution >= 4 is 17.9 Å². The average molecular weight is 961 g/mol. The molecule has 0 aliphatic carbocycles. The quantitative estimate of drug-likeness (QED) is 0.0267. The van der Waals surface area contributed by atoms with Gasteiger partial charge in [0.15, 0.2) is 12.6 Å². The van der Waals surface area contributed by atoms with Gasteiger partial charge < -0.3 is 38.2 Å². The number of carbonyl (C=O) groups is 3. The Balaban J connectivity index is 1.83. The van der Waals surface area contributed by atoms with Gasteiger partial charge in [-0.1, -0.05) is 149 Å². The first-order valence-electron chi connectivity index (χ1n) is 27.8. The molecule has 0 saturated carbocycles. The number of carbonyl (C=O) groups excluding carboxylic acids is 3. The van der Waals surface area contributed by atoms with Crippen LogP contribution in [0.25, 0.3) is 0 Å². The van der Waals surface area contributed by atoms with E-state index in [0.717, 1.165) is 180 Å². The smallest absolute Gasteiger partial charge is 0.357 e. The van der Waals surface area contributed by atoms with Gasteiger partial charge in [-0.3, -0.25) is 9.59 Å². The first-order chi connectivity index (χ1) is 33.3. The summed E-state index contributed by atoms with van der Waals surface area (Å²) in [5, 5.41) is 2.09. The summed E-state index contributed by atoms with van der Waals surface area (Å²) in [4.78, 5) is 47.5. The Morgan fingerprint density at radius 3 is 1.31 bits per heavy atom. The van der Waals surface area contributed by atoms with E-state index in [4.69, 9.17) is 33.3 Å². The van der Waals surface area contributed by atoms with Crippen LogP contribution in [0.5, 0.6) is 0 Å². The lowest BCUT2D eigenvalue weighted by Crippen LogP contribution is -2.49. The van der Waals surface area contributed by atoms with Crippen LogP contribution in [0.1, 0.15) is 231 Å². The van der Waals surface area contributed by atoms with Gasteiger partial charge in [-0.25, -0.2) is 4.79 Å². The van der Waals surface area contributed by atoms with Crippen LogP contribution in [0.2, 0.25) is 0 Å². The third kappa shape index (κ3) is 32.3. The van der Waals surface area contributed by atoms with E-state index in [9.17, 15) is 14.4 Å². The highest BCUT2D eigenvalue weighted by Gasteiger charge is 2.32. The molecule has 1 aromatic carbocycles. The van der Waals surface area contributed by atoms with E-state index in [0.29, 0.717) is 70.9 Å². The number of benzene rings is 1. The van der Waals surface area contributed by atoms with Gasteiger partial charge >= 0.3 is 17.9 Å². The Morgan fingerprint density at radius 1 is 0.515 bits per heavy atom. The molecule has 0 bridgehead atoms. The maximum Gasteiger partial charge on any atom is 0.357 e. The number of hydrogen-bond acceptors (Lipinski definition) is 12. The van der Waals surface area contributed by atoms with Crippen LogP contribution in [0.3, 0.4) is 0 Å². The molecule has 0 aromatic heterocycles. The van der Waals surface area contributed by atoms with Crippen LogP contribution in [0.4, 0.5) is 0 Å². The molecule has 1 aliphatic rings. The van der Waals surface area contributed by atoms with E-state index in [2.05, 4.69) is 44.7 Å². The number of hydroxylamine groups is 2. The second-order valence-corrected chi connectivity index (χ2v) is 19.1. The third-order valence-electron chi connectivity index (χ3n) is 12.9. The minimum Gasteiger partial charge on any atom is -0.466 e. The number of nitrogens with zero attached hydrogens (tertiary/aromatic N) is 2. The van der Waals surface area contributed by atoms with Gasteiger partial charge in [-0.05, 0) is 96.5 Å². The zero-order chi connectivity index (χ0) is 49.1. The fourth-order valence-electron chi connectivity index (χ4n) is 8.53. The lowest BCUT2D eigenvalue weighted by Gasteiger charge is -2.40. The molecule has 12 heteroatoms. The molecule has 1 fully saturated rings. The van der Waals surface area contributed by atoms with Crippen LogP contribution in [0.15, 0.2) is 30.3 Å². The van der Waals surface area contributed by atoms with Gasteiger partial charge in [-0.2, -0.15) is 0 Å². The Bertz CT molecular complexity index is 1250. The van der Waals surface area contributed by atoms with E-state index in [1.807, 2.05) is 30.3 Å². The molecular formula is C56H100N2O10. The van der Waals surface area contributed by atoms with Crippen LogP contribution >= 0.6 is 0 Å². The molecule has 0 spiro atoms. The van der Waals surface area contributed by atoms with E-state index in [-0.39, 0.29) is 42.6 Å². The summed E-state index contributed by atoms with van der Waals surface area (Å²) in [6, 6.07) is 9.65. The molecule has 394 valence electrons. The maximum absolute atomic E-state index is 13.5. The van der Waals surface area contributed by atoms with Crippen molar-refractivity contribution in [2.24, 2.45) is 0 Å². The van der Waals surface area contributed by atoms with Crippen molar-refractivity contribution in [2.45, 2.75) is 245 Å². The molecule has 1 heterocycles. The van der Waals surface area contributed by atoms with Crippen LogP contribution in [-0.2, 0) is 42.8 Å². The lowest BCUT2D eigenvalue weighted by atomic mass is 9.96. The standard InChI is InChI=1S/C56H100N2O10/c1-6-10-25-45-64-54(65-46-26-11-7-2)37-35-52(59)62-43-29-18-14-16-23-33-50(58(51-39-41-57(5)42-40-51)68-56(61)49-31-21-20-22-32-49)34-24-17-15-19-30-44-63-53(60)36-38-55(66-47-27-12-8-3)67-48-28-13-9-4/h20-22,31-32,50-51,54-55H,6-19,23-30,33-48H2,1-5H3. The summed E-state index contributed by atoms with van der Waals surface area (Å²) in [6.45, 7) is 14.2. The number of unbranched alkanes of at least 4 members (excludes halogenated alkanes) is 16. The molecule has 1 aromatic rings. The van der Waals surface area contributed by atoms with Crippen molar-refractivity contribution in [1.82, 2.24) is 9.96 Å². The molecule has 1 aliphatic heterocycles. The lowest BCUT2D eigenvalue weighted by molar-refractivity contribution is -0.178. The van der Waals surface area contributed by atoms with Gasteiger partial charge in [0, 0.05) is 51.4 Å². The first kappa shape index (κ1) is 61.5. The molecule has 0 unspecified atom stereocenters.